The van der Waals surface area contributed by atoms with Crippen molar-refractivity contribution in [2.24, 2.45) is 0 Å². The molecule has 0 radical (unpaired) electrons. The Kier molecular flexibility index (Phi) is 1.98. The van der Waals surface area contributed by atoms with Crippen LogP contribution in [0, 0.1) is 0 Å². The number of nitrogens with two attached hydrogens (primary N) is 1. The van der Waals surface area contributed by atoms with E-state index >= 15 is 0 Å². The van der Waals surface area contributed by atoms with E-state index < -0.39 is 0 Å². The number of thiophene rings is 1. The van der Waals surface area contributed by atoms with Crippen molar-refractivity contribution in [1.29, 1.82) is 0 Å². The van der Waals surface area contributed by atoms with Crippen molar-refractivity contribution in [1.82, 2.24) is 0 Å². The van der Waals surface area contributed by atoms with Crippen LogP contribution in [-0.2, 0) is 0 Å². The van der Waals surface area contributed by atoms with Crippen LogP contribution in [0.15, 0.2) is 18.2 Å². The summed E-state index contributed by atoms with van der Waals surface area (Å²) in [5.74, 6) is 0. The van der Waals surface area contributed by atoms with Crippen molar-refractivity contribution in [2.75, 3.05) is 5.73 Å². The zero-order chi connectivity index (χ0) is 9.42. The molecule has 1 aromatic heterocycles. The maximum absolute atomic E-state index is 10.7. The highest BCUT2D eigenvalue weighted by Gasteiger charge is 2.10. The molecule has 0 atom stereocenters. The number of hydrogen-bond donors (Lipinski definition) is 1. The van der Waals surface area contributed by atoms with E-state index in [0.717, 1.165) is 16.4 Å². The number of hydrogen-bond acceptors (Lipinski definition) is 3. The zero-order valence-electron chi connectivity index (χ0n) is 6.58. The van der Waals surface area contributed by atoms with Gasteiger partial charge in [-0.05, 0) is 6.07 Å². The van der Waals surface area contributed by atoms with Crippen molar-refractivity contribution >= 4 is 45.0 Å². The summed E-state index contributed by atoms with van der Waals surface area (Å²) in [4.78, 5) is 10.7. The summed E-state index contributed by atoms with van der Waals surface area (Å²) in [5, 5.41) is 0.771. The van der Waals surface area contributed by atoms with Crippen LogP contribution in [-0.4, -0.2) is 6.29 Å². The first-order valence-electron chi connectivity index (χ1n) is 3.65. The second kappa shape index (κ2) is 3.01. The molecule has 0 saturated carbocycles. The van der Waals surface area contributed by atoms with Gasteiger partial charge in [0.1, 0.15) is 4.34 Å². The Hall–Kier alpha value is -1.06. The Labute approximate surface area is 83.9 Å². The molecule has 0 aliphatic carbocycles. The normalized spacial score (nSPS) is 10.5. The summed E-state index contributed by atoms with van der Waals surface area (Å²) in [6, 6.07) is 5.45. The van der Waals surface area contributed by atoms with Crippen molar-refractivity contribution in [3.63, 3.8) is 0 Å². The van der Waals surface area contributed by atoms with Gasteiger partial charge in [-0.15, -0.1) is 11.3 Å². The first-order chi connectivity index (χ1) is 6.24. The molecule has 0 bridgehead atoms. The molecule has 0 aliphatic rings. The van der Waals surface area contributed by atoms with Gasteiger partial charge in [0.25, 0.3) is 0 Å². The molecule has 0 spiro atoms. The predicted molar refractivity (Wildman–Crippen MR) is 56.6 cm³/mol. The number of nitrogen functional groups attached to an aromatic ring is 1. The second-order valence-corrected chi connectivity index (χ2v) is 4.28. The lowest BCUT2D eigenvalue weighted by Gasteiger charge is -1.94. The summed E-state index contributed by atoms with van der Waals surface area (Å²) in [6.07, 6.45) is 0.793. The molecular weight excluding hydrogens is 206 g/mol. The first kappa shape index (κ1) is 8.53. The second-order valence-electron chi connectivity index (χ2n) is 2.63. The Morgan fingerprint density at radius 2 is 2.23 bits per heavy atom. The fourth-order valence-corrected chi connectivity index (χ4v) is 2.49. The monoisotopic (exact) mass is 211 g/mol. The maximum Gasteiger partial charge on any atom is 0.150 e. The van der Waals surface area contributed by atoms with Gasteiger partial charge in [-0.25, -0.2) is 0 Å². The number of carbonyl (C=O) groups excluding carboxylic acids is 1. The van der Waals surface area contributed by atoms with Crippen LogP contribution in [0.3, 0.4) is 0 Å². The van der Waals surface area contributed by atoms with Gasteiger partial charge in [0.2, 0.25) is 0 Å². The molecule has 0 unspecified atom stereocenters. The topological polar surface area (TPSA) is 43.1 Å². The Bertz CT molecular complexity index is 478. The molecule has 4 heteroatoms. The fraction of sp³-hybridized carbons (Fsp3) is 0. The smallest absolute Gasteiger partial charge is 0.150 e. The SMILES string of the molecule is Nc1c(Cl)sc2cccc(C=O)c12. The van der Waals surface area contributed by atoms with Gasteiger partial charge in [0, 0.05) is 15.6 Å². The minimum absolute atomic E-state index is 0.504. The van der Waals surface area contributed by atoms with E-state index in [9.17, 15) is 4.79 Å². The van der Waals surface area contributed by atoms with Crippen LogP contribution < -0.4 is 5.73 Å². The predicted octanol–water partition coefficient (Wildman–Crippen LogP) is 2.95. The number of anilines is 1. The average molecular weight is 212 g/mol. The molecule has 0 saturated heterocycles. The molecule has 2 rings (SSSR count). The third-order valence-corrected chi connectivity index (χ3v) is 3.26. The minimum Gasteiger partial charge on any atom is -0.396 e. The fourth-order valence-electron chi connectivity index (χ4n) is 1.27. The highest BCUT2D eigenvalue weighted by atomic mass is 35.5. The molecule has 0 aliphatic heterocycles. The van der Waals surface area contributed by atoms with Crippen LogP contribution in [0.4, 0.5) is 5.69 Å². The van der Waals surface area contributed by atoms with E-state index in [1.54, 1.807) is 6.07 Å². The van der Waals surface area contributed by atoms with Crippen molar-refractivity contribution in [3.05, 3.63) is 28.1 Å². The lowest BCUT2D eigenvalue weighted by molar-refractivity contribution is 0.112. The van der Waals surface area contributed by atoms with E-state index in [1.165, 1.54) is 11.3 Å². The molecule has 1 aromatic carbocycles. The van der Waals surface area contributed by atoms with Crippen LogP contribution in [0.5, 0.6) is 0 Å². The lowest BCUT2D eigenvalue weighted by atomic mass is 10.1. The highest BCUT2D eigenvalue weighted by molar-refractivity contribution is 7.23. The van der Waals surface area contributed by atoms with Crippen LogP contribution in [0.2, 0.25) is 4.34 Å². The number of carbonyl (C=O) groups is 1. The van der Waals surface area contributed by atoms with Gasteiger partial charge in [-0.3, -0.25) is 4.79 Å². The molecule has 0 fully saturated rings. The Balaban J connectivity index is 2.94. The van der Waals surface area contributed by atoms with Crippen LogP contribution in [0.1, 0.15) is 10.4 Å². The van der Waals surface area contributed by atoms with Gasteiger partial charge >= 0.3 is 0 Å². The zero-order valence-corrected chi connectivity index (χ0v) is 8.15. The number of benzene rings is 1. The summed E-state index contributed by atoms with van der Waals surface area (Å²) >= 11 is 7.25. The molecule has 66 valence electrons. The molecular formula is C9H6ClNOS. The number of rotatable bonds is 1. The van der Waals surface area contributed by atoms with Gasteiger partial charge in [0.15, 0.2) is 6.29 Å². The first-order valence-corrected chi connectivity index (χ1v) is 4.85. The number of fused-ring (bicyclic) bond motifs is 1. The van der Waals surface area contributed by atoms with E-state index in [0.29, 0.717) is 15.6 Å². The summed E-state index contributed by atoms with van der Waals surface area (Å²) in [7, 11) is 0. The standard InChI is InChI=1S/C9H6ClNOS/c10-9-8(11)7-5(4-12)2-1-3-6(7)13-9/h1-4H,11H2. The molecule has 1 heterocycles. The summed E-state index contributed by atoms with van der Waals surface area (Å²) in [5.41, 5.74) is 6.83. The third kappa shape index (κ3) is 1.20. The van der Waals surface area contributed by atoms with Crippen molar-refractivity contribution < 1.29 is 4.79 Å². The van der Waals surface area contributed by atoms with Crippen molar-refractivity contribution in [3.8, 4) is 0 Å². The Morgan fingerprint density at radius 1 is 1.46 bits per heavy atom. The number of aldehydes is 1. The summed E-state index contributed by atoms with van der Waals surface area (Å²) < 4.78 is 1.50. The van der Waals surface area contributed by atoms with Crippen molar-refractivity contribution in [2.45, 2.75) is 0 Å². The molecule has 13 heavy (non-hydrogen) atoms. The van der Waals surface area contributed by atoms with Gasteiger partial charge in [-0.1, -0.05) is 23.7 Å². The molecule has 0 amide bonds. The van der Waals surface area contributed by atoms with Gasteiger partial charge in [-0.2, -0.15) is 0 Å². The lowest BCUT2D eigenvalue weighted by Crippen LogP contribution is -1.86. The molecule has 2 nitrogen and oxygen atoms in total. The third-order valence-electron chi connectivity index (χ3n) is 1.87. The maximum atomic E-state index is 10.7. The van der Waals surface area contributed by atoms with E-state index in [4.69, 9.17) is 17.3 Å². The minimum atomic E-state index is 0.504. The van der Waals surface area contributed by atoms with E-state index in [-0.39, 0.29) is 0 Å². The number of halogens is 1. The van der Waals surface area contributed by atoms with Gasteiger partial charge < -0.3 is 5.73 Å². The van der Waals surface area contributed by atoms with Crippen LogP contribution >= 0.6 is 22.9 Å². The quantitative estimate of drug-likeness (QED) is 0.737. The summed E-state index contributed by atoms with van der Waals surface area (Å²) in [6.45, 7) is 0. The molecule has 2 aromatic rings. The van der Waals surface area contributed by atoms with Crippen LogP contribution in [0.25, 0.3) is 10.1 Å². The Morgan fingerprint density at radius 3 is 2.92 bits per heavy atom. The molecule has 2 N–H and O–H groups in total. The average Bonchev–Trinajstić information content (AvgIpc) is 2.43. The van der Waals surface area contributed by atoms with Gasteiger partial charge in [0.05, 0.1) is 5.69 Å². The van der Waals surface area contributed by atoms with E-state index in [1.807, 2.05) is 12.1 Å². The van der Waals surface area contributed by atoms with E-state index in [2.05, 4.69) is 0 Å². The highest BCUT2D eigenvalue weighted by Crippen LogP contribution is 2.38. The largest absolute Gasteiger partial charge is 0.396 e.